The van der Waals surface area contributed by atoms with Gasteiger partial charge in [0.2, 0.25) is 0 Å². The van der Waals surface area contributed by atoms with Crippen LogP contribution in [-0.2, 0) is 0 Å². The minimum absolute atomic E-state index is 0.136. The third-order valence-electron chi connectivity index (χ3n) is 1.48. The van der Waals surface area contributed by atoms with Gasteiger partial charge in [-0.1, -0.05) is 11.5 Å². The van der Waals surface area contributed by atoms with Crippen molar-refractivity contribution in [1.29, 1.82) is 0 Å². The predicted molar refractivity (Wildman–Crippen MR) is 45.4 cm³/mol. The molecule has 0 amide bonds. The molecule has 0 aliphatic rings. The minimum atomic E-state index is -0.136. The third kappa shape index (κ3) is 1.42. The van der Waals surface area contributed by atoms with Crippen molar-refractivity contribution in [2.45, 2.75) is 0 Å². The van der Waals surface area contributed by atoms with E-state index in [1.807, 2.05) is 0 Å². The molecule has 0 bridgehead atoms. The second-order valence-electron chi connectivity index (χ2n) is 2.28. The van der Waals surface area contributed by atoms with Crippen LogP contribution in [0, 0.1) is 0 Å². The summed E-state index contributed by atoms with van der Waals surface area (Å²) < 4.78 is 4.78. The number of carbonyl (C=O) groups is 1. The van der Waals surface area contributed by atoms with Crippen LogP contribution in [0.5, 0.6) is 11.5 Å². The van der Waals surface area contributed by atoms with Gasteiger partial charge in [0.25, 0.3) is 0 Å². The second kappa shape index (κ2) is 3.30. The van der Waals surface area contributed by atoms with Crippen LogP contribution in [0.25, 0.3) is 0 Å². The monoisotopic (exact) mass is 162 g/mol. The molecule has 1 aromatic carbocycles. The van der Waals surface area contributed by atoms with Crippen LogP contribution in [0.1, 0.15) is 10.4 Å². The molecule has 0 saturated carbocycles. The summed E-state index contributed by atoms with van der Waals surface area (Å²) in [4.78, 5) is 10.3. The van der Waals surface area contributed by atoms with Crippen molar-refractivity contribution < 1.29 is 14.6 Å². The summed E-state index contributed by atoms with van der Waals surface area (Å²) >= 11 is 0. The first-order valence-corrected chi connectivity index (χ1v) is 3.30. The van der Waals surface area contributed by atoms with E-state index in [2.05, 4.69) is 0 Å². The third-order valence-corrected chi connectivity index (χ3v) is 1.48. The highest BCUT2D eigenvalue weighted by atomic mass is 16.5. The van der Waals surface area contributed by atoms with Gasteiger partial charge in [0.1, 0.15) is 19.9 Å². The molecule has 1 N–H and O–H groups in total. The van der Waals surface area contributed by atoms with Crippen LogP contribution >= 0.6 is 0 Å². The van der Waals surface area contributed by atoms with Gasteiger partial charge >= 0.3 is 0 Å². The number of rotatable bonds is 2. The summed E-state index contributed by atoms with van der Waals surface area (Å²) in [7, 11) is 6.78. The van der Waals surface area contributed by atoms with E-state index < -0.39 is 0 Å². The van der Waals surface area contributed by atoms with Crippen molar-refractivity contribution in [1.82, 2.24) is 0 Å². The van der Waals surface area contributed by atoms with Gasteiger partial charge < -0.3 is 9.84 Å². The molecule has 0 aromatic heterocycles. The number of aldehydes is 1. The number of hydrogen-bond donors (Lipinski definition) is 1. The molecule has 0 unspecified atom stereocenters. The fourth-order valence-corrected chi connectivity index (χ4v) is 0.875. The summed E-state index contributed by atoms with van der Waals surface area (Å²) in [6, 6.07) is 2.80. The van der Waals surface area contributed by atoms with Crippen LogP contribution < -0.4 is 10.2 Å². The molecule has 12 heavy (non-hydrogen) atoms. The first-order chi connectivity index (χ1) is 5.69. The molecular weight excluding hydrogens is 155 g/mol. The fraction of sp³-hybridized carbons (Fsp3) is 0.125. The molecule has 0 saturated heterocycles. The Labute approximate surface area is 71.4 Å². The smallest absolute Gasteiger partial charge is 0.160 e. The molecule has 3 nitrogen and oxygen atoms in total. The average molecular weight is 162 g/mol. The largest absolute Gasteiger partial charge is 0.505 e. The summed E-state index contributed by atoms with van der Waals surface area (Å²) in [5, 5.41) is 9.25. The summed E-state index contributed by atoms with van der Waals surface area (Å²) in [5.41, 5.74) is 0.513. The number of benzene rings is 1. The van der Waals surface area contributed by atoms with Gasteiger partial charge in [-0.05, 0) is 6.07 Å². The zero-order chi connectivity index (χ0) is 9.14. The van der Waals surface area contributed by atoms with Crippen molar-refractivity contribution in [2.24, 2.45) is 0 Å². The van der Waals surface area contributed by atoms with E-state index in [1.54, 1.807) is 0 Å². The van der Waals surface area contributed by atoms with Gasteiger partial charge in [-0.2, -0.15) is 0 Å². The number of methoxy groups -OCH3 is 1. The molecule has 2 radical (unpaired) electrons. The lowest BCUT2D eigenvalue weighted by Gasteiger charge is -2.06. The molecule has 0 aliphatic heterocycles. The van der Waals surface area contributed by atoms with Gasteiger partial charge in [-0.25, -0.2) is 0 Å². The van der Waals surface area contributed by atoms with E-state index in [0.29, 0.717) is 11.8 Å². The Kier molecular flexibility index (Phi) is 2.38. The maximum absolute atomic E-state index is 10.3. The van der Waals surface area contributed by atoms with Gasteiger partial charge in [0.15, 0.2) is 5.75 Å². The van der Waals surface area contributed by atoms with Crippen molar-refractivity contribution >= 4 is 19.6 Å². The molecule has 0 heterocycles. The number of carbonyl (C=O) groups excluding carboxylic acids is 1. The van der Waals surface area contributed by atoms with E-state index in [0.717, 1.165) is 0 Å². The fourth-order valence-electron chi connectivity index (χ4n) is 0.875. The molecule has 1 aromatic rings. The highest BCUT2D eigenvalue weighted by molar-refractivity contribution is 6.34. The summed E-state index contributed by atoms with van der Waals surface area (Å²) in [6.07, 6.45) is 0.637. The first-order valence-electron chi connectivity index (χ1n) is 3.30. The lowest BCUT2D eigenvalue weighted by atomic mass is 9.93. The zero-order valence-corrected chi connectivity index (χ0v) is 6.57. The number of phenols is 1. The number of hydrogen-bond acceptors (Lipinski definition) is 3. The summed E-state index contributed by atoms with van der Waals surface area (Å²) in [6.45, 7) is 0. The maximum atomic E-state index is 10.3. The normalized spacial score (nSPS) is 9.42. The number of phenolic OH excluding ortho intramolecular Hbond substituents is 1. The molecule has 0 aliphatic carbocycles. The highest BCUT2D eigenvalue weighted by Gasteiger charge is 2.05. The molecular formula is C8H7BO3. The van der Waals surface area contributed by atoms with Gasteiger partial charge in [0, 0.05) is 5.56 Å². The van der Waals surface area contributed by atoms with Crippen molar-refractivity contribution in [2.75, 3.05) is 7.11 Å². The van der Waals surface area contributed by atoms with Crippen molar-refractivity contribution in [3.05, 3.63) is 17.7 Å². The van der Waals surface area contributed by atoms with Gasteiger partial charge in [-0.3, -0.25) is 4.79 Å². The Balaban J connectivity index is 3.28. The summed E-state index contributed by atoms with van der Waals surface area (Å²) in [5.74, 6) is 0.0696. The van der Waals surface area contributed by atoms with Crippen LogP contribution in [-0.4, -0.2) is 26.3 Å². The van der Waals surface area contributed by atoms with Gasteiger partial charge in [0.05, 0.1) is 7.11 Å². The minimum Gasteiger partial charge on any atom is -0.505 e. The molecule has 60 valence electrons. The molecule has 0 atom stereocenters. The van der Waals surface area contributed by atoms with E-state index >= 15 is 0 Å². The van der Waals surface area contributed by atoms with E-state index in [9.17, 15) is 9.90 Å². The van der Waals surface area contributed by atoms with Crippen molar-refractivity contribution in [3.8, 4) is 11.5 Å². The molecule has 0 fully saturated rings. The molecule has 4 heteroatoms. The lowest BCUT2D eigenvalue weighted by Crippen LogP contribution is -2.05. The Morgan fingerprint density at radius 2 is 2.25 bits per heavy atom. The van der Waals surface area contributed by atoms with Crippen LogP contribution in [0.3, 0.4) is 0 Å². The molecule has 0 spiro atoms. The average Bonchev–Trinajstić information content (AvgIpc) is 2.09. The molecule has 1 rings (SSSR count). The standard InChI is InChI=1S/C8H7BO3/c1-12-7-3-5(4-10)2-6(9)8(7)11/h2-4,11H,1H3. The van der Waals surface area contributed by atoms with E-state index in [1.165, 1.54) is 19.2 Å². The highest BCUT2D eigenvalue weighted by Crippen LogP contribution is 2.22. The second-order valence-corrected chi connectivity index (χ2v) is 2.28. The first kappa shape index (κ1) is 8.65. The SMILES string of the molecule is [B]c1cc(C=O)cc(OC)c1O. The Morgan fingerprint density at radius 3 is 2.75 bits per heavy atom. The topological polar surface area (TPSA) is 46.5 Å². The maximum Gasteiger partial charge on any atom is 0.160 e. The van der Waals surface area contributed by atoms with Crippen LogP contribution in [0.2, 0.25) is 0 Å². The Bertz CT molecular complexity index is 309. The number of aromatic hydroxyl groups is 1. The Hall–Kier alpha value is -1.45. The quantitative estimate of drug-likeness (QED) is 0.492. The zero-order valence-electron chi connectivity index (χ0n) is 6.57. The predicted octanol–water partition coefficient (Wildman–Crippen LogP) is 0.00710. The van der Waals surface area contributed by atoms with Crippen LogP contribution in [0.15, 0.2) is 12.1 Å². The lowest BCUT2D eigenvalue weighted by molar-refractivity contribution is 0.112. The van der Waals surface area contributed by atoms with E-state index in [4.69, 9.17) is 12.6 Å². The van der Waals surface area contributed by atoms with Gasteiger partial charge in [-0.15, -0.1) is 0 Å². The Morgan fingerprint density at radius 1 is 1.58 bits per heavy atom. The van der Waals surface area contributed by atoms with Crippen molar-refractivity contribution in [3.63, 3.8) is 0 Å². The van der Waals surface area contributed by atoms with E-state index in [-0.39, 0.29) is 17.0 Å². The number of ether oxygens (including phenoxy) is 1. The van der Waals surface area contributed by atoms with Crippen LogP contribution in [0.4, 0.5) is 0 Å².